The number of amides is 2. The minimum atomic E-state index is -0.480. The molecule has 0 atom stereocenters. The predicted molar refractivity (Wildman–Crippen MR) is 125 cm³/mol. The molecule has 2 N–H and O–H groups in total. The molecule has 3 aromatic rings. The predicted octanol–water partition coefficient (Wildman–Crippen LogP) is 4.85. The minimum Gasteiger partial charge on any atom is -0.348 e. The molecule has 3 aromatic carbocycles. The lowest BCUT2D eigenvalue weighted by atomic mass is 10.1. The van der Waals surface area contributed by atoms with E-state index in [-0.39, 0.29) is 11.5 Å². The van der Waals surface area contributed by atoms with Crippen LogP contribution in [0.1, 0.15) is 45.7 Å². The maximum Gasteiger partial charge on any atom is 0.255 e. The standard InChI is InChI=1S/C26H28FN3O2/c1-3-30(4-2)18-22-10-6-5-9-21(22)17-28-25(31)20-12-8-14-24(16-20)29-26(32)19-11-7-13-23(27)15-19/h5-16H,3-4,17-18H2,1-2H3,(H,28,31)(H,29,32). The van der Waals surface area contributed by atoms with Crippen molar-refractivity contribution in [3.63, 3.8) is 0 Å². The van der Waals surface area contributed by atoms with E-state index in [1.165, 1.54) is 29.8 Å². The number of benzene rings is 3. The van der Waals surface area contributed by atoms with Crippen molar-refractivity contribution in [2.45, 2.75) is 26.9 Å². The summed E-state index contributed by atoms with van der Waals surface area (Å²) in [6.07, 6.45) is 0. The Balaban J connectivity index is 1.65. The fourth-order valence-corrected chi connectivity index (χ4v) is 3.42. The van der Waals surface area contributed by atoms with E-state index in [0.29, 0.717) is 17.8 Å². The molecule has 2 amide bonds. The van der Waals surface area contributed by atoms with Gasteiger partial charge < -0.3 is 10.6 Å². The first-order valence-electron chi connectivity index (χ1n) is 10.7. The van der Waals surface area contributed by atoms with Crippen LogP contribution in [-0.4, -0.2) is 29.8 Å². The van der Waals surface area contributed by atoms with Crippen molar-refractivity contribution in [2.24, 2.45) is 0 Å². The third kappa shape index (κ3) is 6.25. The molecule has 0 aliphatic carbocycles. The lowest BCUT2D eigenvalue weighted by Crippen LogP contribution is -2.26. The molecule has 0 heterocycles. The summed E-state index contributed by atoms with van der Waals surface area (Å²) < 4.78 is 13.4. The summed E-state index contributed by atoms with van der Waals surface area (Å²) in [4.78, 5) is 27.4. The van der Waals surface area contributed by atoms with Crippen LogP contribution in [-0.2, 0) is 13.1 Å². The van der Waals surface area contributed by atoms with E-state index < -0.39 is 11.7 Å². The van der Waals surface area contributed by atoms with E-state index >= 15 is 0 Å². The van der Waals surface area contributed by atoms with Gasteiger partial charge in [0.1, 0.15) is 5.82 Å². The van der Waals surface area contributed by atoms with Crippen molar-refractivity contribution in [1.29, 1.82) is 0 Å². The zero-order chi connectivity index (χ0) is 22.9. The summed E-state index contributed by atoms with van der Waals surface area (Å²) in [7, 11) is 0. The number of rotatable bonds is 9. The van der Waals surface area contributed by atoms with Gasteiger partial charge in [0.15, 0.2) is 0 Å². The van der Waals surface area contributed by atoms with Gasteiger partial charge in [-0.05, 0) is 60.6 Å². The molecule has 166 valence electrons. The second-order valence-electron chi connectivity index (χ2n) is 7.46. The van der Waals surface area contributed by atoms with Crippen LogP contribution in [0.25, 0.3) is 0 Å². The molecule has 0 aliphatic heterocycles. The highest BCUT2D eigenvalue weighted by Crippen LogP contribution is 2.15. The molecule has 0 unspecified atom stereocenters. The topological polar surface area (TPSA) is 61.4 Å². The highest BCUT2D eigenvalue weighted by molar-refractivity contribution is 6.05. The first-order valence-corrected chi connectivity index (χ1v) is 10.7. The van der Waals surface area contributed by atoms with Crippen molar-refractivity contribution >= 4 is 17.5 Å². The van der Waals surface area contributed by atoms with E-state index in [2.05, 4.69) is 35.4 Å². The molecular weight excluding hydrogens is 405 g/mol. The number of nitrogens with zero attached hydrogens (tertiary/aromatic N) is 1. The maximum atomic E-state index is 13.4. The van der Waals surface area contributed by atoms with Crippen LogP contribution < -0.4 is 10.6 Å². The monoisotopic (exact) mass is 433 g/mol. The lowest BCUT2D eigenvalue weighted by Gasteiger charge is -2.20. The normalized spacial score (nSPS) is 10.8. The van der Waals surface area contributed by atoms with Gasteiger partial charge in [0.2, 0.25) is 0 Å². The van der Waals surface area contributed by atoms with Crippen LogP contribution in [0.15, 0.2) is 72.8 Å². The summed E-state index contributed by atoms with van der Waals surface area (Å²) >= 11 is 0. The second kappa shape index (κ2) is 11.2. The Morgan fingerprint density at radius 1 is 0.812 bits per heavy atom. The van der Waals surface area contributed by atoms with Crippen LogP contribution in [0.5, 0.6) is 0 Å². The van der Waals surface area contributed by atoms with Gasteiger partial charge in [-0.1, -0.05) is 50.2 Å². The van der Waals surface area contributed by atoms with Crippen LogP contribution >= 0.6 is 0 Å². The quantitative estimate of drug-likeness (QED) is 0.507. The number of anilines is 1. The Bertz CT molecular complexity index is 1080. The van der Waals surface area contributed by atoms with Crippen LogP contribution in [0.2, 0.25) is 0 Å². The Hall–Kier alpha value is -3.51. The van der Waals surface area contributed by atoms with Crippen molar-refractivity contribution in [2.75, 3.05) is 18.4 Å². The minimum absolute atomic E-state index is 0.213. The molecule has 0 bridgehead atoms. The van der Waals surface area contributed by atoms with Gasteiger partial charge >= 0.3 is 0 Å². The van der Waals surface area contributed by atoms with Crippen LogP contribution in [0, 0.1) is 5.82 Å². The SMILES string of the molecule is CCN(CC)Cc1ccccc1CNC(=O)c1cccc(NC(=O)c2cccc(F)c2)c1. The molecule has 0 aromatic heterocycles. The first kappa shape index (κ1) is 23.2. The molecule has 3 rings (SSSR count). The summed E-state index contributed by atoms with van der Waals surface area (Å²) in [5, 5.41) is 5.67. The second-order valence-corrected chi connectivity index (χ2v) is 7.46. The third-order valence-corrected chi connectivity index (χ3v) is 5.32. The number of hydrogen-bond acceptors (Lipinski definition) is 3. The smallest absolute Gasteiger partial charge is 0.255 e. The van der Waals surface area contributed by atoms with Crippen LogP contribution in [0.3, 0.4) is 0 Å². The van der Waals surface area contributed by atoms with E-state index in [1.807, 2.05) is 18.2 Å². The van der Waals surface area contributed by atoms with E-state index in [4.69, 9.17) is 0 Å². The van der Waals surface area contributed by atoms with Gasteiger partial charge in [-0.3, -0.25) is 14.5 Å². The number of carbonyl (C=O) groups excluding carboxylic acids is 2. The number of halogens is 1. The third-order valence-electron chi connectivity index (χ3n) is 5.32. The zero-order valence-electron chi connectivity index (χ0n) is 18.4. The number of hydrogen-bond donors (Lipinski definition) is 2. The van der Waals surface area contributed by atoms with Gasteiger partial charge in [-0.2, -0.15) is 0 Å². The fourth-order valence-electron chi connectivity index (χ4n) is 3.42. The molecule has 0 saturated carbocycles. The Labute approximate surface area is 188 Å². The molecule has 0 saturated heterocycles. The van der Waals surface area contributed by atoms with E-state index in [9.17, 15) is 14.0 Å². The fraction of sp³-hybridized carbons (Fsp3) is 0.231. The molecule has 5 nitrogen and oxygen atoms in total. The van der Waals surface area contributed by atoms with Crippen molar-refractivity contribution < 1.29 is 14.0 Å². The molecule has 0 spiro atoms. The van der Waals surface area contributed by atoms with Gasteiger partial charge in [0.05, 0.1) is 0 Å². The van der Waals surface area contributed by atoms with Gasteiger partial charge in [-0.15, -0.1) is 0 Å². The van der Waals surface area contributed by atoms with Crippen molar-refractivity contribution in [3.05, 3.63) is 101 Å². The Morgan fingerprint density at radius 2 is 1.47 bits per heavy atom. The summed E-state index contributed by atoms with van der Waals surface area (Å²) in [5.41, 5.74) is 3.37. The maximum absolute atomic E-state index is 13.4. The van der Waals surface area contributed by atoms with Gasteiger partial charge in [0, 0.05) is 29.9 Å². The number of nitrogens with one attached hydrogen (secondary N) is 2. The van der Waals surface area contributed by atoms with Crippen molar-refractivity contribution in [3.8, 4) is 0 Å². The molecule has 6 heteroatoms. The zero-order valence-corrected chi connectivity index (χ0v) is 18.4. The lowest BCUT2D eigenvalue weighted by molar-refractivity contribution is 0.0949. The highest BCUT2D eigenvalue weighted by Gasteiger charge is 2.11. The van der Waals surface area contributed by atoms with E-state index in [0.717, 1.165) is 25.2 Å². The Morgan fingerprint density at radius 3 is 2.16 bits per heavy atom. The first-order chi connectivity index (χ1) is 15.5. The number of carbonyl (C=O) groups is 2. The molecule has 0 radical (unpaired) electrons. The van der Waals surface area contributed by atoms with Gasteiger partial charge in [0.25, 0.3) is 11.8 Å². The summed E-state index contributed by atoms with van der Waals surface area (Å²) in [5.74, 6) is -1.15. The highest BCUT2D eigenvalue weighted by atomic mass is 19.1. The molecule has 0 aliphatic rings. The molecule has 32 heavy (non-hydrogen) atoms. The molecule has 0 fully saturated rings. The largest absolute Gasteiger partial charge is 0.348 e. The average molecular weight is 434 g/mol. The van der Waals surface area contributed by atoms with Gasteiger partial charge in [-0.25, -0.2) is 4.39 Å². The van der Waals surface area contributed by atoms with E-state index in [1.54, 1.807) is 24.3 Å². The molecular formula is C26H28FN3O2. The summed E-state index contributed by atoms with van der Waals surface area (Å²) in [6, 6.07) is 20.2. The summed E-state index contributed by atoms with van der Waals surface area (Å²) in [6.45, 7) is 7.44. The van der Waals surface area contributed by atoms with Crippen molar-refractivity contribution in [1.82, 2.24) is 10.2 Å². The van der Waals surface area contributed by atoms with Crippen LogP contribution in [0.4, 0.5) is 10.1 Å². The Kier molecular flexibility index (Phi) is 8.11. The average Bonchev–Trinajstić information content (AvgIpc) is 2.81.